The predicted octanol–water partition coefficient (Wildman–Crippen LogP) is 10.1. The molecule has 0 nitrogen and oxygen atoms in total. The third-order valence-corrected chi connectivity index (χ3v) is 9.31. The minimum atomic E-state index is -0.651. The first-order valence-corrected chi connectivity index (χ1v) is 14.4. The van der Waals surface area contributed by atoms with Crippen LogP contribution in [-0.2, 0) is 0 Å². The molecule has 2 heteroatoms. The first-order chi connectivity index (χ1) is 16.5. The molecule has 0 aromatic heterocycles. The molecule has 0 N–H and O–H groups in total. The van der Waals surface area contributed by atoms with Crippen LogP contribution < -0.4 is 0 Å². The Balaban J connectivity index is 1.18. The molecule has 0 aliphatic heterocycles. The van der Waals surface area contributed by atoms with Crippen LogP contribution in [0, 0.1) is 48.1 Å². The van der Waals surface area contributed by atoms with Gasteiger partial charge in [0.2, 0.25) is 0 Å². The number of hydrogen-bond acceptors (Lipinski definition) is 0. The molecule has 34 heavy (non-hydrogen) atoms. The van der Waals surface area contributed by atoms with E-state index in [-0.39, 0.29) is 5.92 Å². The molecular formula is C32H46F2. The zero-order valence-electron chi connectivity index (χ0n) is 21.6. The number of allylic oxidation sites excluding steroid dienone is 4. The second-order valence-electron chi connectivity index (χ2n) is 11.7. The highest BCUT2D eigenvalue weighted by Gasteiger charge is 2.32. The van der Waals surface area contributed by atoms with Gasteiger partial charge in [-0.25, -0.2) is 8.78 Å². The highest BCUT2D eigenvalue weighted by molar-refractivity contribution is 5.28. The molecule has 3 aliphatic carbocycles. The SMILES string of the molecule is CCCCCC1C=CC(/C=C/C2CCC(C3CCC(c4ccc(C)c(F)c4F)CC3)CC2)CC1. The van der Waals surface area contributed by atoms with Crippen LogP contribution in [0.25, 0.3) is 0 Å². The lowest BCUT2D eigenvalue weighted by Gasteiger charge is -2.37. The van der Waals surface area contributed by atoms with Gasteiger partial charge in [0.05, 0.1) is 0 Å². The zero-order chi connectivity index (χ0) is 23.9. The summed E-state index contributed by atoms with van der Waals surface area (Å²) in [5, 5.41) is 0. The summed E-state index contributed by atoms with van der Waals surface area (Å²) >= 11 is 0. The molecule has 188 valence electrons. The standard InChI is InChI=1S/C32H46F2/c1-3-4-5-6-24-8-10-25(11-9-24)12-13-26-14-16-27(17-15-26)28-18-20-29(21-19-28)30-22-7-23(2)31(33)32(30)34/h7-8,10,12-13,22,24-29H,3-6,9,11,14-21H2,1-2H3/b13-12+. The second-order valence-corrected chi connectivity index (χ2v) is 11.7. The molecule has 1 aromatic carbocycles. The van der Waals surface area contributed by atoms with Crippen molar-refractivity contribution < 1.29 is 8.78 Å². The summed E-state index contributed by atoms with van der Waals surface area (Å²) < 4.78 is 28.5. The zero-order valence-corrected chi connectivity index (χ0v) is 21.6. The summed E-state index contributed by atoms with van der Waals surface area (Å²) in [5.74, 6) is 2.80. The summed E-state index contributed by atoms with van der Waals surface area (Å²) in [6, 6.07) is 3.56. The van der Waals surface area contributed by atoms with Crippen molar-refractivity contribution in [3.05, 3.63) is 59.2 Å². The largest absolute Gasteiger partial charge is 0.203 e. The summed E-state index contributed by atoms with van der Waals surface area (Å²) in [6.45, 7) is 3.93. The van der Waals surface area contributed by atoms with Gasteiger partial charge < -0.3 is 0 Å². The smallest absolute Gasteiger partial charge is 0.162 e. The van der Waals surface area contributed by atoms with Gasteiger partial charge in [0.25, 0.3) is 0 Å². The van der Waals surface area contributed by atoms with E-state index >= 15 is 0 Å². The van der Waals surface area contributed by atoms with Crippen molar-refractivity contribution in [1.82, 2.24) is 0 Å². The number of aryl methyl sites for hydroxylation is 1. The summed E-state index contributed by atoms with van der Waals surface area (Å²) in [7, 11) is 0. The van der Waals surface area contributed by atoms with Crippen LogP contribution in [0.3, 0.4) is 0 Å². The minimum Gasteiger partial charge on any atom is -0.203 e. The van der Waals surface area contributed by atoms with Gasteiger partial charge in [0.15, 0.2) is 11.6 Å². The third-order valence-electron chi connectivity index (χ3n) is 9.31. The van der Waals surface area contributed by atoms with Crippen LogP contribution in [0.15, 0.2) is 36.4 Å². The van der Waals surface area contributed by atoms with Crippen molar-refractivity contribution in [3.8, 4) is 0 Å². The Morgan fingerprint density at radius 2 is 1.47 bits per heavy atom. The molecule has 0 amide bonds. The van der Waals surface area contributed by atoms with Crippen LogP contribution in [0.5, 0.6) is 0 Å². The van der Waals surface area contributed by atoms with E-state index in [2.05, 4.69) is 31.2 Å². The quantitative estimate of drug-likeness (QED) is 0.263. The fourth-order valence-corrected chi connectivity index (χ4v) is 6.94. The van der Waals surface area contributed by atoms with E-state index < -0.39 is 11.6 Å². The highest BCUT2D eigenvalue weighted by atomic mass is 19.2. The molecule has 4 rings (SSSR count). The Morgan fingerprint density at radius 1 is 0.765 bits per heavy atom. The second kappa shape index (κ2) is 12.5. The van der Waals surface area contributed by atoms with E-state index in [0.717, 1.165) is 36.5 Å². The summed E-state index contributed by atoms with van der Waals surface area (Å²) in [6.07, 6.45) is 27.9. The van der Waals surface area contributed by atoms with Crippen LogP contribution in [0.2, 0.25) is 0 Å². The number of hydrogen-bond donors (Lipinski definition) is 0. The van der Waals surface area contributed by atoms with Gasteiger partial charge in [-0.15, -0.1) is 0 Å². The summed E-state index contributed by atoms with van der Waals surface area (Å²) in [5.41, 5.74) is 1.02. The monoisotopic (exact) mass is 468 g/mol. The first-order valence-electron chi connectivity index (χ1n) is 14.4. The number of rotatable bonds is 8. The molecule has 0 saturated heterocycles. The van der Waals surface area contributed by atoms with E-state index in [0.29, 0.717) is 17.0 Å². The molecule has 3 aliphatic rings. The maximum Gasteiger partial charge on any atom is 0.162 e. The minimum absolute atomic E-state index is 0.195. The first kappa shape index (κ1) is 25.6. The Kier molecular flexibility index (Phi) is 9.43. The molecule has 2 atom stereocenters. The molecule has 2 fully saturated rings. The topological polar surface area (TPSA) is 0 Å². The lowest BCUT2D eigenvalue weighted by Crippen LogP contribution is -2.25. The molecule has 0 radical (unpaired) electrons. The Labute approximate surface area is 207 Å². The van der Waals surface area contributed by atoms with Crippen LogP contribution >= 0.6 is 0 Å². The van der Waals surface area contributed by atoms with E-state index in [9.17, 15) is 8.78 Å². The molecule has 1 aromatic rings. The Morgan fingerprint density at radius 3 is 2.12 bits per heavy atom. The van der Waals surface area contributed by atoms with Gasteiger partial charge in [-0.1, -0.05) is 62.6 Å². The van der Waals surface area contributed by atoms with Gasteiger partial charge in [-0.05, 0) is 124 Å². The highest BCUT2D eigenvalue weighted by Crippen LogP contribution is 2.45. The maximum atomic E-state index is 14.4. The maximum absolute atomic E-state index is 14.4. The van der Waals surface area contributed by atoms with E-state index in [1.807, 2.05) is 6.07 Å². The average molecular weight is 469 g/mol. The molecule has 2 unspecified atom stereocenters. The molecule has 0 heterocycles. The van der Waals surface area contributed by atoms with Gasteiger partial charge in [-0.3, -0.25) is 0 Å². The van der Waals surface area contributed by atoms with E-state index in [4.69, 9.17) is 0 Å². The van der Waals surface area contributed by atoms with Crippen LogP contribution in [0.1, 0.15) is 114 Å². The van der Waals surface area contributed by atoms with E-state index in [1.165, 1.54) is 77.0 Å². The van der Waals surface area contributed by atoms with Crippen molar-refractivity contribution in [3.63, 3.8) is 0 Å². The van der Waals surface area contributed by atoms with Gasteiger partial charge in [0.1, 0.15) is 0 Å². The number of unbranched alkanes of at least 4 members (excludes halogenated alkanes) is 2. The lowest BCUT2D eigenvalue weighted by molar-refractivity contribution is 0.170. The molecule has 0 bridgehead atoms. The fraction of sp³-hybridized carbons (Fsp3) is 0.688. The van der Waals surface area contributed by atoms with Gasteiger partial charge in [-0.2, -0.15) is 0 Å². The Hall–Kier alpha value is -1.44. The van der Waals surface area contributed by atoms with Crippen molar-refractivity contribution >= 4 is 0 Å². The predicted molar refractivity (Wildman–Crippen MR) is 140 cm³/mol. The molecule has 2 saturated carbocycles. The van der Waals surface area contributed by atoms with Crippen molar-refractivity contribution in [2.24, 2.45) is 29.6 Å². The lowest BCUT2D eigenvalue weighted by atomic mass is 9.68. The van der Waals surface area contributed by atoms with Gasteiger partial charge >= 0.3 is 0 Å². The fourth-order valence-electron chi connectivity index (χ4n) is 6.94. The molecular weight excluding hydrogens is 422 g/mol. The van der Waals surface area contributed by atoms with Gasteiger partial charge in [0, 0.05) is 0 Å². The van der Waals surface area contributed by atoms with Crippen molar-refractivity contribution in [2.45, 2.75) is 110 Å². The van der Waals surface area contributed by atoms with Crippen molar-refractivity contribution in [1.29, 1.82) is 0 Å². The normalized spacial score (nSPS) is 32.4. The summed E-state index contributed by atoms with van der Waals surface area (Å²) in [4.78, 5) is 0. The Bertz CT molecular complexity index is 822. The van der Waals surface area contributed by atoms with Crippen molar-refractivity contribution in [2.75, 3.05) is 0 Å². The number of halogens is 2. The van der Waals surface area contributed by atoms with Crippen LogP contribution in [0.4, 0.5) is 8.78 Å². The number of benzene rings is 1. The van der Waals surface area contributed by atoms with E-state index in [1.54, 1.807) is 13.0 Å². The molecule has 0 spiro atoms. The van der Waals surface area contributed by atoms with Crippen LogP contribution in [-0.4, -0.2) is 0 Å². The average Bonchev–Trinajstić information content (AvgIpc) is 2.88. The third kappa shape index (κ3) is 6.61.